The number of hydrogen-bond donors (Lipinski definition) is 0. The Hall–Kier alpha value is -0.0403. The van der Waals surface area contributed by atoms with Gasteiger partial charge < -0.3 is 0 Å². The van der Waals surface area contributed by atoms with Gasteiger partial charge in [-0.25, -0.2) is 0 Å². The van der Waals surface area contributed by atoms with Gasteiger partial charge in [-0.3, -0.25) is 0 Å². The van der Waals surface area contributed by atoms with E-state index >= 15 is 0 Å². The molecule has 0 fully saturated rings. The Balaban J connectivity index is 0.000000324. The summed E-state index contributed by atoms with van der Waals surface area (Å²) in [6.07, 6.45) is 0. The van der Waals surface area contributed by atoms with Crippen molar-refractivity contribution in [2.45, 2.75) is 55.4 Å². The average molecular weight is 282 g/mol. The molecular formula is C18H26Ca. The monoisotopic (exact) mass is 282 g/mol. The molecule has 2 aromatic carbocycles. The number of hydrogen-bond acceptors (Lipinski definition) is 0. The van der Waals surface area contributed by atoms with E-state index in [1.165, 1.54) is 44.5 Å². The summed E-state index contributed by atoms with van der Waals surface area (Å²) >= 11 is 0. The molecule has 100 valence electrons. The van der Waals surface area contributed by atoms with E-state index in [0.29, 0.717) is 0 Å². The molecule has 0 amide bonds. The largest absolute Gasteiger partial charge is 2.00 e. The van der Waals surface area contributed by atoms with Gasteiger partial charge in [0, 0.05) is 0 Å². The minimum atomic E-state index is 0. The molecular weight excluding hydrogens is 256 g/mol. The van der Waals surface area contributed by atoms with Gasteiger partial charge in [0.25, 0.3) is 0 Å². The molecule has 0 aromatic heterocycles. The van der Waals surface area contributed by atoms with Crippen molar-refractivity contribution < 1.29 is 0 Å². The fraction of sp³-hybridized carbons (Fsp3) is 0.444. The predicted octanol–water partition coefficient (Wildman–Crippen LogP) is 4.90. The molecule has 0 radical (unpaired) electrons. The van der Waals surface area contributed by atoms with Gasteiger partial charge in [0.15, 0.2) is 0 Å². The van der Waals surface area contributed by atoms with Crippen LogP contribution in [0, 0.1) is 55.4 Å². The zero-order chi connectivity index (χ0) is 14.0. The molecule has 2 rings (SSSR count). The van der Waals surface area contributed by atoms with Crippen LogP contribution in [0.25, 0.3) is 0 Å². The minimum absolute atomic E-state index is 0. The van der Waals surface area contributed by atoms with Crippen LogP contribution in [0.5, 0.6) is 0 Å². The molecule has 0 N–H and O–H groups in total. The topological polar surface area (TPSA) is 0 Å². The Labute approximate surface area is 149 Å². The molecule has 2 aromatic rings. The molecule has 0 saturated heterocycles. The first-order valence-electron chi connectivity index (χ1n) is 6.65. The zero-order valence-electron chi connectivity index (χ0n) is 13.9. The van der Waals surface area contributed by atoms with Crippen LogP contribution in [0.2, 0.25) is 0 Å². The van der Waals surface area contributed by atoms with Crippen LogP contribution >= 0.6 is 0 Å². The second-order valence-electron chi connectivity index (χ2n) is 5.52. The molecule has 0 atom stereocenters. The predicted molar refractivity (Wildman–Crippen MR) is 87.7 cm³/mol. The van der Waals surface area contributed by atoms with E-state index in [9.17, 15) is 0 Å². The van der Waals surface area contributed by atoms with Gasteiger partial charge in [0.1, 0.15) is 0 Å². The van der Waals surface area contributed by atoms with Crippen LogP contribution in [0.1, 0.15) is 44.5 Å². The van der Waals surface area contributed by atoms with Crippen LogP contribution in [0.4, 0.5) is 0 Å². The van der Waals surface area contributed by atoms with E-state index in [-0.39, 0.29) is 37.7 Å². The molecule has 0 aliphatic rings. The maximum Gasteiger partial charge on any atom is 2.00 e. The first kappa shape index (κ1) is 19.0. The second-order valence-corrected chi connectivity index (χ2v) is 5.52. The van der Waals surface area contributed by atoms with Crippen molar-refractivity contribution in [2.24, 2.45) is 0 Å². The van der Waals surface area contributed by atoms with E-state index in [0.717, 1.165) is 0 Å². The number of aryl methyl sites for hydroxylation is 4. The summed E-state index contributed by atoms with van der Waals surface area (Å²) in [7, 11) is 0. The first-order valence-corrected chi connectivity index (χ1v) is 6.65. The summed E-state index contributed by atoms with van der Waals surface area (Å²) in [6, 6.07) is 4.48. The SMILES string of the molecule is Cc1[cH-]c(C)c(C)c1C.Cc1[cH-]c(C)c(C)c1C.[Ca+2]. The summed E-state index contributed by atoms with van der Waals surface area (Å²) in [5, 5.41) is 0. The van der Waals surface area contributed by atoms with Gasteiger partial charge in [-0.2, -0.15) is 56.6 Å². The quantitative estimate of drug-likeness (QED) is 0.476. The van der Waals surface area contributed by atoms with Gasteiger partial charge in [0.2, 0.25) is 0 Å². The van der Waals surface area contributed by atoms with E-state index in [4.69, 9.17) is 0 Å². The Bertz CT molecular complexity index is 443. The molecule has 0 nitrogen and oxygen atoms in total. The third kappa shape index (κ3) is 4.48. The molecule has 0 spiro atoms. The zero-order valence-corrected chi connectivity index (χ0v) is 16.1. The van der Waals surface area contributed by atoms with E-state index < -0.39 is 0 Å². The Kier molecular flexibility index (Phi) is 7.65. The Morgan fingerprint density at radius 2 is 0.579 bits per heavy atom. The van der Waals surface area contributed by atoms with E-state index in [2.05, 4.69) is 67.5 Å². The van der Waals surface area contributed by atoms with Crippen LogP contribution in [-0.4, -0.2) is 37.7 Å². The third-order valence-electron chi connectivity index (χ3n) is 4.36. The van der Waals surface area contributed by atoms with E-state index in [1.807, 2.05) is 0 Å². The maximum absolute atomic E-state index is 2.24. The van der Waals surface area contributed by atoms with Gasteiger partial charge in [-0.15, -0.1) is 0 Å². The number of rotatable bonds is 0. The first-order chi connectivity index (χ1) is 8.25. The summed E-state index contributed by atoms with van der Waals surface area (Å²) in [4.78, 5) is 0. The molecule has 0 heterocycles. The van der Waals surface area contributed by atoms with Crippen LogP contribution < -0.4 is 0 Å². The van der Waals surface area contributed by atoms with E-state index in [1.54, 1.807) is 0 Å². The standard InChI is InChI=1S/2C9H13.Ca/c2*1-6-5-7(2)9(4)8(6)3;/h2*5H,1-4H3;/q2*-1;+2. The van der Waals surface area contributed by atoms with Crippen molar-refractivity contribution >= 4 is 37.7 Å². The van der Waals surface area contributed by atoms with Crippen molar-refractivity contribution in [1.29, 1.82) is 0 Å². The molecule has 0 unspecified atom stereocenters. The molecule has 0 saturated carbocycles. The Morgan fingerprint density at radius 3 is 0.632 bits per heavy atom. The summed E-state index contributed by atoms with van der Waals surface area (Å²) in [5.74, 6) is 0. The normalized spacial score (nSPS) is 9.68. The van der Waals surface area contributed by atoms with Crippen molar-refractivity contribution in [1.82, 2.24) is 0 Å². The molecule has 0 bridgehead atoms. The van der Waals surface area contributed by atoms with Gasteiger partial charge in [-0.1, -0.05) is 55.4 Å². The van der Waals surface area contributed by atoms with Crippen LogP contribution in [0.15, 0.2) is 12.1 Å². The van der Waals surface area contributed by atoms with Gasteiger partial charge >= 0.3 is 37.7 Å². The van der Waals surface area contributed by atoms with Crippen molar-refractivity contribution in [3.8, 4) is 0 Å². The van der Waals surface area contributed by atoms with Gasteiger partial charge in [0.05, 0.1) is 0 Å². The van der Waals surface area contributed by atoms with Crippen LogP contribution in [0.3, 0.4) is 0 Å². The maximum atomic E-state index is 2.24. The second kappa shape index (κ2) is 7.67. The van der Waals surface area contributed by atoms with Crippen molar-refractivity contribution in [2.75, 3.05) is 0 Å². The molecule has 19 heavy (non-hydrogen) atoms. The molecule has 0 aliphatic heterocycles. The summed E-state index contributed by atoms with van der Waals surface area (Å²) < 4.78 is 0. The molecule has 1 heteroatoms. The summed E-state index contributed by atoms with van der Waals surface area (Å²) in [5.41, 5.74) is 11.5. The molecule has 0 aliphatic carbocycles. The summed E-state index contributed by atoms with van der Waals surface area (Å²) in [6.45, 7) is 17.4. The minimum Gasteiger partial charge on any atom is -0.196 e. The van der Waals surface area contributed by atoms with Crippen molar-refractivity contribution in [3.63, 3.8) is 0 Å². The third-order valence-corrected chi connectivity index (χ3v) is 4.36. The average Bonchev–Trinajstić information content (AvgIpc) is 2.66. The Morgan fingerprint density at radius 1 is 0.421 bits per heavy atom. The fourth-order valence-electron chi connectivity index (χ4n) is 2.27. The fourth-order valence-corrected chi connectivity index (χ4v) is 2.27. The van der Waals surface area contributed by atoms with Gasteiger partial charge in [-0.05, 0) is 0 Å². The van der Waals surface area contributed by atoms with Crippen molar-refractivity contribution in [3.05, 3.63) is 56.6 Å². The van der Waals surface area contributed by atoms with Crippen LogP contribution in [-0.2, 0) is 0 Å². The smallest absolute Gasteiger partial charge is 0.196 e.